The number of carbonyl (C=O) groups is 2. The number of benzene rings is 1. The van der Waals surface area contributed by atoms with Gasteiger partial charge in [0.05, 0.1) is 0 Å². The lowest BCUT2D eigenvalue weighted by atomic mass is 9.90. The average molecular weight is 424 g/mol. The molecule has 164 valence electrons. The number of rotatable bonds is 3. The largest absolute Gasteiger partial charge is 0.483 e. The minimum absolute atomic E-state index is 0.0668. The fraction of sp³-hybridized carbons (Fsp3) is 0.542. The van der Waals surface area contributed by atoms with Gasteiger partial charge in [-0.1, -0.05) is 0 Å². The monoisotopic (exact) mass is 424 g/mol. The quantitative estimate of drug-likeness (QED) is 0.707. The highest BCUT2D eigenvalue weighted by Gasteiger charge is 2.41. The third-order valence-electron chi connectivity index (χ3n) is 7.32. The molecule has 0 radical (unpaired) electrons. The molecule has 3 heterocycles. The third-order valence-corrected chi connectivity index (χ3v) is 7.32. The molecule has 5 rings (SSSR count). The summed E-state index contributed by atoms with van der Waals surface area (Å²) in [5, 5.41) is 0.975. The summed E-state index contributed by atoms with van der Waals surface area (Å²) in [6.45, 7) is 3.04. The van der Waals surface area contributed by atoms with Crippen LogP contribution in [-0.2, 0) is 22.4 Å². The summed E-state index contributed by atoms with van der Waals surface area (Å²) in [4.78, 5) is 40.8. The summed E-state index contributed by atoms with van der Waals surface area (Å²) in [7, 11) is 1.85. The van der Waals surface area contributed by atoms with E-state index in [0.29, 0.717) is 30.8 Å². The molecular formula is C24H28N2O5. The summed E-state index contributed by atoms with van der Waals surface area (Å²) in [5.41, 5.74) is 2.96. The fourth-order valence-corrected chi connectivity index (χ4v) is 5.52. The van der Waals surface area contributed by atoms with E-state index >= 15 is 0 Å². The topological polar surface area (TPSA) is 80.1 Å². The highest BCUT2D eigenvalue weighted by molar-refractivity contribution is 5.86. The van der Waals surface area contributed by atoms with Gasteiger partial charge in [0.1, 0.15) is 11.3 Å². The van der Waals surface area contributed by atoms with Gasteiger partial charge in [-0.15, -0.1) is 0 Å². The second-order valence-electron chi connectivity index (χ2n) is 9.07. The van der Waals surface area contributed by atoms with Crippen molar-refractivity contribution in [2.45, 2.75) is 51.5 Å². The minimum atomic E-state index is -0.252. The van der Waals surface area contributed by atoms with Crippen molar-refractivity contribution < 1.29 is 18.7 Å². The number of amides is 2. The predicted molar refractivity (Wildman–Crippen MR) is 115 cm³/mol. The number of fused-ring (bicyclic) bond motifs is 4. The van der Waals surface area contributed by atoms with Gasteiger partial charge in [-0.3, -0.25) is 9.59 Å². The molecule has 0 bridgehead atoms. The Hall–Kier alpha value is -2.83. The van der Waals surface area contributed by atoms with E-state index in [1.165, 1.54) is 0 Å². The number of ether oxygens (including phenoxy) is 1. The minimum Gasteiger partial charge on any atom is -0.483 e. The maximum absolute atomic E-state index is 12.8. The summed E-state index contributed by atoms with van der Waals surface area (Å²) in [6, 6.07) is 4.06. The Kier molecular flexibility index (Phi) is 4.99. The molecule has 0 saturated carbocycles. The van der Waals surface area contributed by atoms with E-state index in [1.807, 2.05) is 31.0 Å². The van der Waals surface area contributed by atoms with Gasteiger partial charge in [0.15, 0.2) is 6.61 Å². The smallest absolute Gasteiger partial charge is 0.339 e. The summed E-state index contributed by atoms with van der Waals surface area (Å²) < 4.78 is 11.5. The van der Waals surface area contributed by atoms with E-state index in [4.69, 9.17) is 9.15 Å². The van der Waals surface area contributed by atoms with Gasteiger partial charge in [-0.2, -0.15) is 0 Å². The van der Waals surface area contributed by atoms with Crippen molar-refractivity contribution in [2.24, 2.45) is 5.92 Å². The molecule has 31 heavy (non-hydrogen) atoms. The van der Waals surface area contributed by atoms with E-state index in [1.54, 1.807) is 4.90 Å². The van der Waals surface area contributed by atoms with Crippen LogP contribution in [0.15, 0.2) is 21.3 Å². The highest BCUT2D eigenvalue weighted by Crippen LogP contribution is 2.33. The second-order valence-corrected chi connectivity index (χ2v) is 9.07. The number of nitrogens with zero attached hydrogens (tertiary/aromatic N) is 2. The van der Waals surface area contributed by atoms with E-state index in [0.717, 1.165) is 54.2 Å². The van der Waals surface area contributed by atoms with Crippen LogP contribution in [-0.4, -0.2) is 54.4 Å². The first-order chi connectivity index (χ1) is 14.9. The Morgan fingerprint density at radius 1 is 1.19 bits per heavy atom. The molecule has 2 fully saturated rings. The van der Waals surface area contributed by atoms with E-state index in [-0.39, 0.29) is 36.0 Å². The molecular weight excluding hydrogens is 396 g/mol. The van der Waals surface area contributed by atoms with E-state index in [9.17, 15) is 14.4 Å². The molecule has 1 aromatic heterocycles. The number of aryl methyl sites for hydroxylation is 2. The van der Waals surface area contributed by atoms with Crippen LogP contribution in [0.1, 0.15) is 42.4 Å². The van der Waals surface area contributed by atoms with Crippen LogP contribution >= 0.6 is 0 Å². The Morgan fingerprint density at radius 2 is 1.97 bits per heavy atom. The number of likely N-dealkylation sites (tertiary alicyclic amines) is 2. The summed E-state index contributed by atoms with van der Waals surface area (Å²) in [6.07, 6.45) is 5.09. The maximum atomic E-state index is 12.8. The average Bonchev–Trinajstić information content (AvgIpc) is 3.06. The molecule has 2 saturated heterocycles. The lowest BCUT2D eigenvalue weighted by Crippen LogP contribution is -2.48. The number of piperidine rings is 1. The number of hydrogen-bond donors (Lipinski definition) is 0. The Morgan fingerprint density at radius 3 is 2.77 bits per heavy atom. The molecule has 0 unspecified atom stereocenters. The molecule has 2 atom stereocenters. The first-order valence-electron chi connectivity index (χ1n) is 11.2. The van der Waals surface area contributed by atoms with Crippen molar-refractivity contribution in [3.05, 3.63) is 39.2 Å². The maximum Gasteiger partial charge on any atom is 0.339 e. The van der Waals surface area contributed by atoms with Crippen LogP contribution in [0.3, 0.4) is 0 Å². The van der Waals surface area contributed by atoms with Crippen molar-refractivity contribution in [1.82, 2.24) is 9.80 Å². The van der Waals surface area contributed by atoms with Crippen molar-refractivity contribution in [3.63, 3.8) is 0 Å². The standard InChI is InChI=1S/C24H28N2O5/c1-14-20(8-7-17-16-5-3-4-6-18(16)24(29)31-23(14)17)30-13-22(28)26-10-9-19-15(12-26)11-21(27)25(19)2/h7-8,15,19H,3-6,9-13H2,1-2H3/t15-,19+/m1/s1. The first-order valence-corrected chi connectivity index (χ1v) is 11.2. The van der Waals surface area contributed by atoms with Gasteiger partial charge in [0, 0.05) is 55.0 Å². The highest BCUT2D eigenvalue weighted by atomic mass is 16.5. The van der Waals surface area contributed by atoms with Crippen LogP contribution < -0.4 is 10.4 Å². The SMILES string of the molecule is Cc1c(OCC(=O)N2CC[C@H]3[C@H](CC(=O)N3C)C2)ccc2c3c(c(=O)oc12)CCCC3. The zero-order valence-corrected chi connectivity index (χ0v) is 18.1. The van der Waals surface area contributed by atoms with Crippen LogP contribution in [0.5, 0.6) is 5.75 Å². The molecule has 1 aliphatic carbocycles. The van der Waals surface area contributed by atoms with Crippen molar-refractivity contribution in [2.75, 3.05) is 26.7 Å². The molecule has 2 aliphatic heterocycles. The Balaban J connectivity index is 1.31. The van der Waals surface area contributed by atoms with Crippen LogP contribution in [0.2, 0.25) is 0 Å². The molecule has 0 N–H and O–H groups in total. The van der Waals surface area contributed by atoms with Gasteiger partial charge in [-0.05, 0) is 56.7 Å². The van der Waals surface area contributed by atoms with Crippen molar-refractivity contribution >= 4 is 22.8 Å². The summed E-state index contributed by atoms with van der Waals surface area (Å²) in [5.74, 6) is 0.853. The normalized spacial score (nSPS) is 23.1. The molecule has 0 spiro atoms. The second kappa shape index (κ2) is 7.70. The van der Waals surface area contributed by atoms with Crippen LogP contribution in [0.4, 0.5) is 0 Å². The van der Waals surface area contributed by atoms with E-state index < -0.39 is 0 Å². The zero-order chi connectivity index (χ0) is 21.7. The third kappa shape index (κ3) is 3.40. The van der Waals surface area contributed by atoms with Crippen LogP contribution in [0, 0.1) is 12.8 Å². The summed E-state index contributed by atoms with van der Waals surface area (Å²) >= 11 is 0. The van der Waals surface area contributed by atoms with Crippen molar-refractivity contribution in [1.29, 1.82) is 0 Å². The van der Waals surface area contributed by atoms with Crippen molar-refractivity contribution in [3.8, 4) is 5.75 Å². The van der Waals surface area contributed by atoms with Gasteiger partial charge < -0.3 is 19.0 Å². The predicted octanol–water partition coefficient (Wildman–Crippen LogP) is 2.44. The molecule has 2 aromatic rings. The molecule has 3 aliphatic rings. The molecule has 2 amide bonds. The van der Waals surface area contributed by atoms with Gasteiger partial charge >= 0.3 is 5.63 Å². The number of hydrogen-bond acceptors (Lipinski definition) is 5. The first kappa shape index (κ1) is 20.1. The van der Waals surface area contributed by atoms with Gasteiger partial charge in [-0.25, -0.2) is 4.79 Å². The van der Waals surface area contributed by atoms with Gasteiger partial charge in [0.25, 0.3) is 5.91 Å². The van der Waals surface area contributed by atoms with Gasteiger partial charge in [0.2, 0.25) is 5.91 Å². The van der Waals surface area contributed by atoms with E-state index in [2.05, 4.69) is 0 Å². The molecule has 7 nitrogen and oxygen atoms in total. The Labute approximate surface area is 180 Å². The lowest BCUT2D eigenvalue weighted by Gasteiger charge is -2.36. The number of carbonyl (C=O) groups excluding carboxylic acids is 2. The fourth-order valence-electron chi connectivity index (χ4n) is 5.52. The molecule has 7 heteroatoms. The van der Waals surface area contributed by atoms with Crippen LogP contribution in [0.25, 0.3) is 11.0 Å². The Bertz CT molecular complexity index is 1120. The molecule has 1 aromatic carbocycles. The zero-order valence-electron chi connectivity index (χ0n) is 18.1. The lowest BCUT2D eigenvalue weighted by molar-refractivity contribution is -0.135.